The Labute approximate surface area is 195 Å². The van der Waals surface area contributed by atoms with E-state index in [1.54, 1.807) is 6.08 Å². The van der Waals surface area contributed by atoms with E-state index in [1.807, 2.05) is 73.8 Å². The summed E-state index contributed by atoms with van der Waals surface area (Å²) in [6.45, 7) is 2.60. The van der Waals surface area contributed by atoms with Crippen molar-refractivity contribution in [2.45, 2.75) is 19.5 Å². The van der Waals surface area contributed by atoms with E-state index < -0.39 is 0 Å². The first-order valence-corrected chi connectivity index (χ1v) is 11.1. The Morgan fingerprint density at radius 2 is 1.75 bits per heavy atom. The smallest absolute Gasteiger partial charge is 0.262 e. The summed E-state index contributed by atoms with van der Waals surface area (Å²) in [5.41, 5.74) is 4.14. The van der Waals surface area contributed by atoms with Crippen molar-refractivity contribution in [2.24, 2.45) is 0 Å². The Morgan fingerprint density at radius 1 is 1.06 bits per heavy atom. The van der Waals surface area contributed by atoms with Gasteiger partial charge in [-0.2, -0.15) is 5.26 Å². The van der Waals surface area contributed by atoms with Crippen molar-refractivity contribution in [2.75, 3.05) is 0 Å². The maximum absolute atomic E-state index is 12.8. The van der Waals surface area contributed by atoms with Crippen molar-refractivity contribution in [3.63, 3.8) is 0 Å². The van der Waals surface area contributed by atoms with Gasteiger partial charge in [-0.25, -0.2) is 0 Å². The first-order chi connectivity index (χ1) is 15.5. The molecule has 0 bridgehead atoms. The zero-order valence-corrected chi connectivity index (χ0v) is 19.2. The van der Waals surface area contributed by atoms with E-state index in [0.29, 0.717) is 6.54 Å². The first kappa shape index (κ1) is 21.6. The molecule has 0 aliphatic carbocycles. The fourth-order valence-corrected chi connectivity index (χ4v) is 3.98. The highest BCUT2D eigenvalue weighted by Crippen LogP contribution is 2.25. The lowest BCUT2D eigenvalue weighted by molar-refractivity contribution is -0.117. The number of halogens is 1. The van der Waals surface area contributed by atoms with Crippen molar-refractivity contribution in [3.8, 4) is 6.07 Å². The van der Waals surface area contributed by atoms with Gasteiger partial charge < -0.3 is 9.88 Å². The molecule has 1 aromatic heterocycles. The van der Waals surface area contributed by atoms with Crippen LogP contribution in [0.15, 0.2) is 95.1 Å². The van der Waals surface area contributed by atoms with Crippen LogP contribution in [0.5, 0.6) is 0 Å². The van der Waals surface area contributed by atoms with E-state index >= 15 is 0 Å². The summed E-state index contributed by atoms with van der Waals surface area (Å²) in [5.74, 6) is -0.381. The number of para-hydroxylation sites is 1. The molecule has 4 rings (SSSR count). The largest absolute Gasteiger partial charge is 0.345 e. The van der Waals surface area contributed by atoms with Gasteiger partial charge in [0, 0.05) is 33.7 Å². The third kappa shape index (κ3) is 4.82. The number of nitrogens with zero attached hydrogens (tertiary/aromatic N) is 2. The van der Waals surface area contributed by atoms with Crippen LogP contribution < -0.4 is 5.32 Å². The van der Waals surface area contributed by atoms with E-state index in [9.17, 15) is 10.1 Å². The molecule has 0 saturated carbocycles. The minimum Gasteiger partial charge on any atom is -0.345 e. The minimum atomic E-state index is -0.381. The number of rotatable bonds is 6. The van der Waals surface area contributed by atoms with Gasteiger partial charge >= 0.3 is 0 Å². The maximum atomic E-state index is 12.8. The lowest BCUT2D eigenvalue weighted by Crippen LogP contribution is -2.27. The number of amides is 1. The molecule has 0 unspecified atom stereocenters. The molecule has 5 heteroatoms. The molecule has 4 aromatic rings. The Morgan fingerprint density at radius 3 is 2.47 bits per heavy atom. The Bertz CT molecular complexity index is 1310. The summed E-state index contributed by atoms with van der Waals surface area (Å²) in [5, 5.41) is 13.6. The summed E-state index contributed by atoms with van der Waals surface area (Å²) in [4.78, 5) is 12.8. The number of aromatic nitrogens is 1. The fourth-order valence-electron chi connectivity index (χ4n) is 3.71. The average Bonchev–Trinajstić information content (AvgIpc) is 3.16. The topological polar surface area (TPSA) is 57.8 Å². The summed E-state index contributed by atoms with van der Waals surface area (Å²) in [6.07, 6.45) is 3.67. The standard InChI is InChI=1S/C27H22BrN3O/c1-19(21-7-3-2-4-8-21)30-27(32)22(16-29)15-23-18-31(26-10-6-5-9-25(23)26)17-20-11-13-24(28)14-12-20/h2-15,18-19H,17H2,1H3,(H,30,32)/b22-15+/t19-/m1/s1. The highest BCUT2D eigenvalue weighted by molar-refractivity contribution is 9.10. The lowest BCUT2D eigenvalue weighted by atomic mass is 10.1. The zero-order valence-electron chi connectivity index (χ0n) is 17.6. The normalized spacial score (nSPS) is 12.3. The summed E-state index contributed by atoms with van der Waals surface area (Å²) >= 11 is 3.47. The molecule has 0 aliphatic heterocycles. The molecular weight excluding hydrogens is 462 g/mol. The van der Waals surface area contributed by atoms with Gasteiger partial charge in [-0.3, -0.25) is 4.79 Å². The fraction of sp³-hybridized carbons (Fsp3) is 0.111. The van der Waals surface area contributed by atoms with Crippen LogP contribution in [0.2, 0.25) is 0 Å². The number of nitriles is 1. The first-order valence-electron chi connectivity index (χ1n) is 10.3. The van der Waals surface area contributed by atoms with E-state index in [0.717, 1.165) is 26.5 Å². The van der Waals surface area contributed by atoms with Gasteiger partial charge in [0.1, 0.15) is 11.6 Å². The SMILES string of the molecule is C[C@@H](NC(=O)/C(C#N)=C/c1cn(Cc2ccc(Br)cc2)c2ccccc12)c1ccccc1. The van der Waals surface area contributed by atoms with Crippen LogP contribution in [-0.2, 0) is 11.3 Å². The van der Waals surface area contributed by atoms with E-state index in [2.05, 4.69) is 50.1 Å². The van der Waals surface area contributed by atoms with Crippen LogP contribution in [-0.4, -0.2) is 10.5 Å². The second kappa shape index (κ2) is 9.67. The molecule has 0 spiro atoms. The highest BCUT2D eigenvalue weighted by atomic mass is 79.9. The molecule has 0 fully saturated rings. The third-order valence-electron chi connectivity index (χ3n) is 5.40. The van der Waals surface area contributed by atoms with Gasteiger partial charge in [0.25, 0.3) is 5.91 Å². The van der Waals surface area contributed by atoms with Crippen molar-refractivity contribution >= 4 is 38.8 Å². The molecule has 0 aliphatic rings. The highest BCUT2D eigenvalue weighted by Gasteiger charge is 2.15. The number of hydrogen-bond acceptors (Lipinski definition) is 2. The molecule has 0 radical (unpaired) electrons. The monoisotopic (exact) mass is 483 g/mol. The van der Waals surface area contributed by atoms with Gasteiger partial charge in [0.15, 0.2) is 0 Å². The second-order valence-corrected chi connectivity index (χ2v) is 8.55. The van der Waals surface area contributed by atoms with Crippen molar-refractivity contribution in [3.05, 3.63) is 112 Å². The third-order valence-corrected chi connectivity index (χ3v) is 5.93. The van der Waals surface area contributed by atoms with E-state index in [1.165, 1.54) is 5.56 Å². The molecule has 1 heterocycles. The minimum absolute atomic E-state index is 0.0827. The van der Waals surface area contributed by atoms with Gasteiger partial charge in [0.05, 0.1) is 6.04 Å². The number of hydrogen-bond donors (Lipinski definition) is 1. The molecule has 3 aromatic carbocycles. The molecule has 1 amide bonds. The van der Waals surface area contributed by atoms with Gasteiger partial charge in [-0.05, 0) is 42.3 Å². The molecule has 1 N–H and O–H groups in total. The number of carbonyl (C=O) groups is 1. The van der Waals surface area contributed by atoms with Gasteiger partial charge in [-0.1, -0.05) is 76.6 Å². The van der Waals surface area contributed by atoms with Gasteiger partial charge in [0.2, 0.25) is 0 Å². The Kier molecular flexibility index (Phi) is 6.53. The van der Waals surface area contributed by atoms with Crippen LogP contribution >= 0.6 is 15.9 Å². The number of fused-ring (bicyclic) bond motifs is 1. The summed E-state index contributed by atoms with van der Waals surface area (Å²) < 4.78 is 3.18. The molecule has 158 valence electrons. The van der Waals surface area contributed by atoms with Gasteiger partial charge in [-0.15, -0.1) is 0 Å². The van der Waals surface area contributed by atoms with E-state index in [-0.39, 0.29) is 17.5 Å². The second-order valence-electron chi connectivity index (χ2n) is 7.63. The van der Waals surface area contributed by atoms with Crippen LogP contribution in [0.4, 0.5) is 0 Å². The quantitative estimate of drug-likeness (QED) is 0.260. The molecule has 0 saturated heterocycles. The van der Waals surface area contributed by atoms with Crippen LogP contribution in [0.25, 0.3) is 17.0 Å². The number of nitrogens with one attached hydrogen (secondary N) is 1. The predicted octanol–water partition coefficient (Wildman–Crippen LogP) is 6.24. The summed E-state index contributed by atoms with van der Waals surface area (Å²) in [7, 11) is 0. The number of benzene rings is 3. The zero-order chi connectivity index (χ0) is 22.5. The van der Waals surface area contributed by atoms with Crippen molar-refractivity contribution < 1.29 is 4.79 Å². The van der Waals surface area contributed by atoms with Crippen LogP contribution in [0, 0.1) is 11.3 Å². The van der Waals surface area contributed by atoms with E-state index in [4.69, 9.17) is 0 Å². The van der Waals surface area contributed by atoms with Crippen LogP contribution in [0.3, 0.4) is 0 Å². The Balaban J connectivity index is 1.63. The summed E-state index contributed by atoms with van der Waals surface area (Å²) in [6, 6.07) is 27.8. The predicted molar refractivity (Wildman–Crippen MR) is 132 cm³/mol. The van der Waals surface area contributed by atoms with Crippen molar-refractivity contribution in [1.82, 2.24) is 9.88 Å². The van der Waals surface area contributed by atoms with Crippen molar-refractivity contribution in [1.29, 1.82) is 5.26 Å². The molecule has 1 atom stereocenters. The molecule has 32 heavy (non-hydrogen) atoms. The Hall–Kier alpha value is -3.62. The number of carbonyl (C=O) groups excluding carboxylic acids is 1. The maximum Gasteiger partial charge on any atom is 0.262 e. The lowest BCUT2D eigenvalue weighted by Gasteiger charge is -2.13. The van der Waals surface area contributed by atoms with Crippen LogP contribution in [0.1, 0.15) is 29.7 Å². The average molecular weight is 484 g/mol. The molecule has 4 nitrogen and oxygen atoms in total. The molecular formula is C27H22BrN3O.